The zero-order valence-corrected chi connectivity index (χ0v) is 19.4. The number of hydrogen-bond acceptors (Lipinski definition) is 5. The van der Waals surface area contributed by atoms with Crippen molar-refractivity contribution in [2.45, 2.75) is 33.2 Å². The van der Waals surface area contributed by atoms with Crippen LogP contribution in [0.2, 0.25) is 0 Å². The quantitative estimate of drug-likeness (QED) is 0.309. The Balaban J connectivity index is 1.82. The van der Waals surface area contributed by atoms with E-state index >= 15 is 0 Å². The first-order valence-electron chi connectivity index (χ1n) is 10.5. The number of nitrogens with zero attached hydrogens (tertiary/aromatic N) is 2. The van der Waals surface area contributed by atoms with Crippen molar-refractivity contribution >= 4 is 16.0 Å². The highest BCUT2D eigenvalue weighted by molar-refractivity contribution is 7.88. The first-order chi connectivity index (χ1) is 14.3. The van der Waals surface area contributed by atoms with E-state index in [2.05, 4.69) is 40.7 Å². The molecular formula is C21H36N4O4S. The summed E-state index contributed by atoms with van der Waals surface area (Å²) >= 11 is 0. The first-order valence-corrected chi connectivity index (χ1v) is 12.4. The van der Waals surface area contributed by atoms with Gasteiger partial charge >= 0.3 is 0 Å². The molecule has 0 radical (unpaired) electrons. The number of sulfonamides is 1. The molecule has 0 bridgehead atoms. The molecule has 2 N–H and O–H groups in total. The summed E-state index contributed by atoms with van der Waals surface area (Å²) in [5.41, 5.74) is 2.22. The number of benzene rings is 1. The van der Waals surface area contributed by atoms with Crippen LogP contribution in [0.4, 0.5) is 0 Å². The van der Waals surface area contributed by atoms with Crippen molar-refractivity contribution in [3.63, 3.8) is 0 Å². The highest BCUT2D eigenvalue weighted by Crippen LogP contribution is 2.22. The highest BCUT2D eigenvalue weighted by atomic mass is 32.2. The van der Waals surface area contributed by atoms with E-state index in [0.717, 1.165) is 36.5 Å². The molecule has 0 aromatic heterocycles. The largest absolute Gasteiger partial charge is 0.493 e. The van der Waals surface area contributed by atoms with Gasteiger partial charge in [-0.1, -0.05) is 19.1 Å². The number of nitrogens with one attached hydrogen (secondary N) is 2. The Morgan fingerprint density at radius 1 is 1.37 bits per heavy atom. The molecule has 0 saturated carbocycles. The molecule has 1 heterocycles. The van der Waals surface area contributed by atoms with E-state index in [-0.39, 0.29) is 0 Å². The number of hydrogen-bond donors (Lipinski definition) is 2. The molecule has 1 aliphatic rings. The predicted octanol–water partition coefficient (Wildman–Crippen LogP) is 1.75. The minimum atomic E-state index is -3.15. The Morgan fingerprint density at radius 3 is 2.80 bits per heavy atom. The summed E-state index contributed by atoms with van der Waals surface area (Å²) < 4.78 is 36.3. The van der Waals surface area contributed by atoms with E-state index in [1.54, 1.807) is 7.05 Å². The summed E-state index contributed by atoms with van der Waals surface area (Å²) in [6.07, 6.45) is 2.99. The van der Waals surface area contributed by atoms with Gasteiger partial charge in [0.15, 0.2) is 5.96 Å². The molecule has 0 spiro atoms. The fourth-order valence-electron chi connectivity index (χ4n) is 3.28. The molecule has 30 heavy (non-hydrogen) atoms. The molecule has 1 fully saturated rings. The van der Waals surface area contributed by atoms with Crippen LogP contribution in [0, 0.1) is 12.8 Å². The maximum absolute atomic E-state index is 11.6. The third-order valence-electron chi connectivity index (χ3n) is 5.09. The predicted molar refractivity (Wildman–Crippen MR) is 121 cm³/mol. The van der Waals surface area contributed by atoms with Crippen LogP contribution in [0.25, 0.3) is 0 Å². The van der Waals surface area contributed by atoms with E-state index in [0.29, 0.717) is 51.1 Å². The van der Waals surface area contributed by atoms with Crippen LogP contribution in [-0.4, -0.2) is 71.4 Å². The third kappa shape index (κ3) is 8.12. The Kier molecular flexibility index (Phi) is 9.87. The number of guanidine groups is 1. The number of ether oxygens (including phenoxy) is 2. The first kappa shape index (κ1) is 24.4. The highest BCUT2D eigenvalue weighted by Gasteiger charge is 2.17. The van der Waals surface area contributed by atoms with Gasteiger partial charge in [0.2, 0.25) is 10.0 Å². The molecule has 1 saturated heterocycles. The zero-order valence-electron chi connectivity index (χ0n) is 18.6. The van der Waals surface area contributed by atoms with Gasteiger partial charge in [0.05, 0.1) is 19.5 Å². The zero-order chi connectivity index (χ0) is 22.0. The summed E-state index contributed by atoms with van der Waals surface area (Å²) in [6, 6.07) is 6.21. The third-order valence-corrected chi connectivity index (χ3v) is 6.47. The van der Waals surface area contributed by atoms with Crippen LogP contribution >= 0.6 is 0 Å². The molecule has 9 heteroatoms. The molecule has 170 valence electrons. The topological polar surface area (TPSA) is 92.3 Å². The molecule has 2 rings (SSSR count). The van der Waals surface area contributed by atoms with Crippen LogP contribution in [0.15, 0.2) is 23.2 Å². The van der Waals surface area contributed by atoms with Crippen molar-refractivity contribution in [2.24, 2.45) is 10.9 Å². The average Bonchev–Trinajstić information content (AvgIpc) is 3.22. The molecule has 0 amide bonds. The molecule has 8 nitrogen and oxygen atoms in total. The van der Waals surface area contributed by atoms with E-state index < -0.39 is 10.0 Å². The van der Waals surface area contributed by atoms with Crippen molar-refractivity contribution in [2.75, 3.05) is 52.8 Å². The maximum Gasteiger partial charge on any atom is 0.211 e. The lowest BCUT2D eigenvalue weighted by Crippen LogP contribution is -2.39. The van der Waals surface area contributed by atoms with Gasteiger partial charge in [-0.3, -0.25) is 4.99 Å². The van der Waals surface area contributed by atoms with E-state index in [4.69, 9.17) is 9.47 Å². The minimum Gasteiger partial charge on any atom is -0.493 e. The van der Waals surface area contributed by atoms with Crippen molar-refractivity contribution in [3.05, 3.63) is 29.3 Å². The molecule has 1 aliphatic heterocycles. The summed E-state index contributed by atoms with van der Waals surface area (Å²) in [5, 5.41) is 6.55. The van der Waals surface area contributed by atoms with Crippen LogP contribution in [-0.2, 0) is 21.3 Å². The maximum atomic E-state index is 11.6. The van der Waals surface area contributed by atoms with Crippen molar-refractivity contribution in [1.82, 2.24) is 14.9 Å². The van der Waals surface area contributed by atoms with Crippen LogP contribution in [0.3, 0.4) is 0 Å². The molecular weight excluding hydrogens is 404 g/mol. The minimum absolute atomic E-state index is 0.454. The van der Waals surface area contributed by atoms with Crippen LogP contribution in [0.5, 0.6) is 5.75 Å². The van der Waals surface area contributed by atoms with Gasteiger partial charge in [0, 0.05) is 51.3 Å². The lowest BCUT2D eigenvalue weighted by atomic mass is 10.1. The second-order valence-electron chi connectivity index (χ2n) is 7.61. The standard InChI is InChI=1S/C21H36N4O4S/c1-5-25(30(4,26)27)11-6-10-23-21(22-3)24-14-19-8-7-17(2)13-20(19)29-16-18-9-12-28-15-18/h7-8,13,18H,5-6,9-12,14-16H2,1-4H3,(H2,22,23,24). The summed E-state index contributed by atoms with van der Waals surface area (Å²) in [7, 11) is -1.43. The Hall–Kier alpha value is -1.84. The van der Waals surface area contributed by atoms with Gasteiger partial charge in [-0.15, -0.1) is 0 Å². The lowest BCUT2D eigenvalue weighted by molar-refractivity contribution is 0.166. The lowest BCUT2D eigenvalue weighted by Gasteiger charge is -2.19. The molecule has 1 unspecified atom stereocenters. The van der Waals surface area contributed by atoms with Gasteiger partial charge in [-0.2, -0.15) is 0 Å². The molecule has 1 atom stereocenters. The smallest absolute Gasteiger partial charge is 0.211 e. The Bertz CT molecular complexity index is 792. The number of aliphatic imine (C=N–C) groups is 1. The second kappa shape index (κ2) is 12.1. The van der Waals surface area contributed by atoms with Gasteiger partial charge in [0.25, 0.3) is 0 Å². The van der Waals surface area contributed by atoms with Gasteiger partial charge in [-0.05, 0) is 31.4 Å². The van der Waals surface area contributed by atoms with E-state index in [1.165, 1.54) is 10.6 Å². The van der Waals surface area contributed by atoms with Crippen molar-refractivity contribution < 1.29 is 17.9 Å². The number of aryl methyl sites for hydroxylation is 1. The molecule has 1 aromatic rings. The van der Waals surface area contributed by atoms with E-state index in [1.807, 2.05) is 6.92 Å². The second-order valence-corrected chi connectivity index (χ2v) is 9.59. The SMILES string of the molecule is CCN(CCCNC(=NC)NCc1ccc(C)cc1OCC1CCOC1)S(C)(=O)=O. The molecule has 0 aliphatic carbocycles. The van der Waals surface area contributed by atoms with Crippen LogP contribution < -0.4 is 15.4 Å². The van der Waals surface area contributed by atoms with Gasteiger partial charge < -0.3 is 20.1 Å². The summed E-state index contributed by atoms with van der Waals surface area (Å²) in [6.45, 7) is 8.33. The summed E-state index contributed by atoms with van der Waals surface area (Å²) in [4.78, 5) is 4.25. The van der Waals surface area contributed by atoms with Gasteiger partial charge in [0.1, 0.15) is 5.75 Å². The number of rotatable bonds is 11. The Labute approximate surface area is 181 Å². The Morgan fingerprint density at radius 2 is 2.17 bits per heavy atom. The summed E-state index contributed by atoms with van der Waals surface area (Å²) in [5.74, 6) is 2.01. The van der Waals surface area contributed by atoms with Crippen LogP contribution in [0.1, 0.15) is 30.9 Å². The molecule has 1 aromatic carbocycles. The van der Waals surface area contributed by atoms with Crippen molar-refractivity contribution in [1.29, 1.82) is 0 Å². The monoisotopic (exact) mass is 440 g/mol. The van der Waals surface area contributed by atoms with Gasteiger partial charge in [-0.25, -0.2) is 12.7 Å². The van der Waals surface area contributed by atoms with Crippen molar-refractivity contribution in [3.8, 4) is 5.75 Å². The fraction of sp³-hybridized carbons (Fsp3) is 0.667. The normalized spacial score (nSPS) is 17.4. The van der Waals surface area contributed by atoms with E-state index in [9.17, 15) is 8.42 Å². The average molecular weight is 441 g/mol. The fourth-order valence-corrected chi connectivity index (χ4v) is 4.21.